The molecule has 276 valence electrons. The topological polar surface area (TPSA) is 105 Å². The monoisotopic (exact) mass is 720 g/mol. The van der Waals surface area contributed by atoms with E-state index in [1.54, 1.807) is 45.0 Å². The van der Waals surface area contributed by atoms with E-state index in [4.69, 9.17) is 33.2 Å². The van der Waals surface area contributed by atoms with Gasteiger partial charge in [0, 0.05) is 39.9 Å². The number of methoxy groups -OCH3 is 3. The fourth-order valence-corrected chi connectivity index (χ4v) is 7.65. The average Bonchev–Trinajstić information content (AvgIpc) is 3.63. The third-order valence-electron chi connectivity index (χ3n) is 9.90. The number of amides is 2. The van der Waals surface area contributed by atoms with Crippen LogP contribution in [0.2, 0.25) is 0 Å². The number of carbonyl (C=O) groups excluding carboxylic acids is 2. The maximum Gasteiger partial charge on any atom is 0.411 e. The molecule has 11 nitrogen and oxygen atoms in total. The second-order valence-electron chi connectivity index (χ2n) is 13.5. The average molecular weight is 721 g/mol. The lowest BCUT2D eigenvalue weighted by molar-refractivity contribution is -0.141. The highest BCUT2D eigenvalue weighted by atomic mass is 16.7. The highest BCUT2D eigenvalue weighted by molar-refractivity contribution is 5.93. The molecule has 1 saturated heterocycles. The Hall–Kier alpha value is -5.84. The van der Waals surface area contributed by atoms with Gasteiger partial charge in [0.25, 0.3) is 0 Å². The molecule has 3 aliphatic heterocycles. The van der Waals surface area contributed by atoms with Gasteiger partial charge in [-0.2, -0.15) is 0 Å². The number of fused-ring (bicyclic) bond motifs is 5. The molecule has 3 aliphatic rings. The van der Waals surface area contributed by atoms with Crippen LogP contribution in [0.4, 0.5) is 4.79 Å². The molecule has 1 fully saturated rings. The zero-order valence-electron chi connectivity index (χ0n) is 31.1. The molecular formula is C42H44N2O9. The van der Waals surface area contributed by atoms with Crippen molar-refractivity contribution in [3.05, 3.63) is 111 Å². The van der Waals surface area contributed by atoms with Crippen molar-refractivity contribution in [1.29, 1.82) is 0 Å². The maximum absolute atomic E-state index is 15.0. The number of rotatable bonds is 10. The zero-order valence-corrected chi connectivity index (χ0v) is 31.1. The van der Waals surface area contributed by atoms with Crippen molar-refractivity contribution in [3.8, 4) is 34.5 Å². The SMILES string of the molecule is COc1c(C)c(OC)c(OC)c2c1C[C@H]1C(=O)N(Cc3ccccc3)/C(=C/c3cc4c(c(C)c3OCc3ccccc3)OCO4)[C@@H]2N1C(=O)OC(C)C. The third-order valence-corrected chi connectivity index (χ3v) is 9.90. The lowest BCUT2D eigenvalue weighted by Gasteiger charge is -2.51. The van der Waals surface area contributed by atoms with Crippen molar-refractivity contribution in [2.75, 3.05) is 28.1 Å². The second kappa shape index (κ2) is 14.7. The van der Waals surface area contributed by atoms with Crippen molar-refractivity contribution in [3.63, 3.8) is 0 Å². The number of nitrogens with zero attached hydrogens (tertiary/aromatic N) is 2. The normalized spacial score (nSPS) is 17.9. The Labute approximate surface area is 309 Å². The summed E-state index contributed by atoms with van der Waals surface area (Å²) < 4.78 is 42.3. The predicted molar refractivity (Wildman–Crippen MR) is 198 cm³/mol. The van der Waals surface area contributed by atoms with Crippen LogP contribution < -0.4 is 28.4 Å². The van der Waals surface area contributed by atoms with Crippen LogP contribution in [0.1, 0.15) is 58.8 Å². The van der Waals surface area contributed by atoms with Gasteiger partial charge in [0.1, 0.15) is 30.2 Å². The molecule has 0 spiro atoms. The highest BCUT2D eigenvalue weighted by Gasteiger charge is 2.54. The van der Waals surface area contributed by atoms with Crippen LogP contribution in [0, 0.1) is 13.8 Å². The molecule has 0 unspecified atom stereocenters. The van der Waals surface area contributed by atoms with E-state index in [1.165, 1.54) is 0 Å². The molecular weight excluding hydrogens is 676 g/mol. The van der Waals surface area contributed by atoms with Gasteiger partial charge in [0.15, 0.2) is 23.0 Å². The van der Waals surface area contributed by atoms with Crippen molar-refractivity contribution in [1.82, 2.24) is 9.80 Å². The molecule has 2 bridgehead atoms. The lowest BCUT2D eigenvalue weighted by atomic mass is 9.80. The minimum atomic E-state index is -0.904. The maximum atomic E-state index is 15.0. The molecule has 0 aliphatic carbocycles. The Kier molecular flexibility index (Phi) is 9.83. The molecule has 0 radical (unpaired) electrons. The van der Waals surface area contributed by atoms with E-state index in [-0.39, 0.29) is 32.3 Å². The van der Waals surface area contributed by atoms with E-state index < -0.39 is 24.3 Å². The summed E-state index contributed by atoms with van der Waals surface area (Å²) in [6, 6.07) is 19.7. The quantitative estimate of drug-likeness (QED) is 0.164. The number of ether oxygens (including phenoxy) is 7. The smallest absolute Gasteiger partial charge is 0.411 e. The molecule has 7 rings (SSSR count). The predicted octanol–water partition coefficient (Wildman–Crippen LogP) is 7.53. The number of piperazine rings is 1. The number of hydrogen-bond acceptors (Lipinski definition) is 9. The summed E-state index contributed by atoms with van der Waals surface area (Å²) in [5.74, 6) is 2.91. The molecule has 0 N–H and O–H groups in total. The van der Waals surface area contributed by atoms with E-state index in [2.05, 4.69) is 0 Å². The highest BCUT2D eigenvalue weighted by Crippen LogP contribution is 2.56. The van der Waals surface area contributed by atoms with Gasteiger partial charge >= 0.3 is 6.09 Å². The first-order valence-corrected chi connectivity index (χ1v) is 17.6. The lowest BCUT2D eigenvalue weighted by Crippen LogP contribution is -2.61. The van der Waals surface area contributed by atoms with Crippen LogP contribution in [0.5, 0.6) is 34.5 Å². The van der Waals surface area contributed by atoms with E-state index in [9.17, 15) is 4.79 Å². The minimum Gasteiger partial charge on any atom is -0.496 e. The number of hydrogen-bond donors (Lipinski definition) is 0. The van der Waals surface area contributed by atoms with E-state index in [1.807, 2.05) is 86.7 Å². The van der Waals surface area contributed by atoms with Crippen LogP contribution in [-0.4, -0.2) is 62.1 Å². The molecule has 0 saturated carbocycles. The fraction of sp³-hybridized carbons (Fsp3) is 0.333. The van der Waals surface area contributed by atoms with Gasteiger partial charge < -0.3 is 38.1 Å². The van der Waals surface area contributed by atoms with Crippen molar-refractivity contribution < 1.29 is 42.7 Å². The fourth-order valence-electron chi connectivity index (χ4n) is 7.65. The first-order valence-electron chi connectivity index (χ1n) is 17.6. The van der Waals surface area contributed by atoms with E-state index >= 15 is 4.79 Å². The van der Waals surface area contributed by atoms with E-state index in [0.29, 0.717) is 51.3 Å². The Morgan fingerprint density at radius 2 is 1.53 bits per heavy atom. The van der Waals surface area contributed by atoms with Gasteiger partial charge in [0.2, 0.25) is 12.7 Å². The molecule has 2 amide bonds. The molecule has 4 aromatic carbocycles. The summed E-state index contributed by atoms with van der Waals surface area (Å²) in [7, 11) is 4.74. The summed E-state index contributed by atoms with van der Waals surface area (Å²) >= 11 is 0. The van der Waals surface area contributed by atoms with Gasteiger partial charge in [-0.15, -0.1) is 0 Å². The van der Waals surface area contributed by atoms with Crippen LogP contribution in [0.3, 0.4) is 0 Å². The van der Waals surface area contributed by atoms with Gasteiger partial charge in [-0.3, -0.25) is 9.69 Å². The van der Waals surface area contributed by atoms with Gasteiger partial charge in [-0.25, -0.2) is 4.79 Å². The Bertz CT molecular complexity index is 2060. The summed E-state index contributed by atoms with van der Waals surface area (Å²) in [5.41, 5.74) is 5.90. The Morgan fingerprint density at radius 3 is 2.17 bits per heavy atom. The van der Waals surface area contributed by atoms with Crippen LogP contribution in [0.15, 0.2) is 72.4 Å². The number of carbonyl (C=O) groups is 2. The van der Waals surface area contributed by atoms with Gasteiger partial charge in [0.05, 0.1) is 34.0 Å². The molecule has 11 heteroatoms. The number of benzene rings is 4. The van der Waals surface area contributed by atoms with Crippen LogP contribution >= 0.6 is 0 Å². The molecule has 0 aromatic heterocycles. The van der Waals surface area contributed by atoms with Gasteiger partial charge in [-0.1, -0.05) is 60.7 Å². The summed E-state index contributed by atoms with van der Waals surface area (Å²) in [6.07, 6.45) is 1.02. The molecule has 3 heterocycles. The Balaban J connectivity index is 1.52. The summed E-state index contributed by atoms with van der Waals surface area (Å²) in [4.78, 5) is 32.6. The van der Waals surface area contributed by atoms with Crippen LogP contribution in [-0.2, 0) is 29.1 Å². The van der Waals surface area contributed by atoms with Crippen molar-refractivity contribution in [2.24, 2.45) is 0 Å². The first-order chi connectivity index (χ1) is 25.7. The van der Waals surface area contributed by atoms with Crippen molar-refractivity contribution >= 4 is 18.1 Å². The standard InChI is InChI=1S/C42H44N2O9/c1-24(2)53-42(46)44-32-20-30-34(40(49-7)39(48-6)26(4)37(30)47-5)35(44)31(43(41(32)45)21-27-14-10-8-11-15-27)18-29-19-33-38(52-23-51-33)25(3)36(29)50-22-28-16-12-9-13-17-28/h8-19,24,32,35H,20-23H2,1-7H3/b31-18+/t32-,35-/m0/s1. The van der Waals surface area contributed by atoms with E-state index in [0.717, 1.165) is 27.8 Å². The van der Waals surface area contributed by atoms with Gasteiger partial charge in [-0.05, 0) is 51.0 Å². The second-order valence-corrected chi connectivity index (χ2v) is 13.5. The Morgan fingerprint density at radius 1 is 0.868 bits per heavy atom. The van der Waals surface area contributed by atoms with Crippen molar-refractivity contribution in [2.45, 2.75) is 65.5 Å². The third kappa shape index (κ3) is 6.34. The summed E-state index contributed by atoms with van der Waals surface area (Å²) in [6.45, 7) is 7.97. The molecule has 2 atom stereocenters. The minimum absolute atomic E-state index is 0.0651. The molecule has 53 heavy (non-hydrogen) atoms. The largest absolute Gasteiger partial charge is 0.496 e. The summed E-state index contributed by atoms with van der Waals surface area (Å²) in [5, 5.41) is 0. The van der Waals surface area contributed by atoms with Crippen LogP contribution in [0.25, 0.3) is 6.08 Å². The zero-order chi connectivity index (χ0) is 37.4. The first kappa shape index (κ1) is 35.6. The molecule has 4 aromatic rings.